The average molecular weight is 365 g/mol. The quantitative estimate of drug-likeness (QED) is 0.745. The predicted molar refractivity (Wildman–Crippen MR) is 103 cm³/mol. The van der Waals surface area contributed by atoms with Gasteiger partial charge in [-0.05, 0) is 37.1 Å². The van der Waals surface area contributed by atoms with Crippen LogP contribution in [0.1, 0.15) is 23.0 Å². The van der Waals surface area contributed by atoms with E-state index in [0.717, 1.165) is 22.6 Å². The van der Waals surface area contributed by atoms with Crippen molar-refractivity contribution in [3.63, 3.8) is 0 Å². The van der Waals surface area contributed by atoms with Crippen LogP contribution in [-0.4, -0.2) is 26.0 Å². The smallest absolute Gasteiger partial charge is 0.240 e. The third-order valence-corrected chi connectivity index (χ3v) is 5.52. The molecular formula is C19H19N5OS. The summed E-state index contributed by atoms with van der Waals surface area (Å²) in [7, 11) is 0. The van der Waals surface area contributed by atoms with Gasteiger partial charge in [0.05, 0.1) is 6.04 Å². The second-order valence-corrected chi connectivity index (χ2v) is 7.39. The zero-order chi connectivity index (χ0) is 18.1. The van der Waals surface area contributed by atoms with Crippen molar-refractivity contribution in [2.45, 2.75) is 30.3 Å². The van der Waals surface area contributed by atoms with Crippen LogP contribution in [0.4, 0.5) is 5.69 Å². The summed E-state index contributed by atoms with van der Waals surface area (Å²) in [6.07, 6.45) is 0. The van der Waals surface area contributed by atoms with Crippen LogP contribution in [0.3, 0.4) is 0 Å². The highest BCUT2D eigenvalue weighted by atomic mass is 32.2. The van der Waals surface area contributed by atoms with Gasteiger partial charge in [0.2, 0.25) is 11.1 Å². The largest absolute Gasteiger partial charge is 0.325 e. The number of aromatic nitrogens is 3. The molecular weight excluding hydrogens is 346 g/mol. The molecule has 7 heteroatoms. The van der Waals surface area contributed by atoms with E-state index < -0.39 is 0 Å². The van der Waals surface area contributed by atoms with E-state index in [1.807, 2.05) is 73.1 Å². The van der Waals surface area contributed by atoms with E-state index in [1.54, 1.807) is 0 Å². The summed E-state index contributed by atoms with van der Waals surface area (Å²) < 4.78 is 1.85. The molecule has 1 aromatic heterocycles. The number of amides is 1. The molecule has 0 bridgehead atoms. The Kier molecular flexibility index (Phi) is 4.38. The molecule has 4 rings (SSSR count). The average Bonchev–Trinajstić information content (AvgIpc) is 3.02. The van der Waals surface area contributed by atoms with Crippen LogP contribution >= 0.6 is 11.8 Å². The molecule has 2 aromatic carbocycles. The number of carbonyl (C=O) groups excluding carboxylic acids is 1. The van der Waals surface area contributed by atoms with E-state index >= 15 is 0 Å². The fourth-order valence-electron chi connectivity index (χ4n) is 3.01. The molecule has 0 saturated carbocycles. The maximum Gasteiger partial charge on any atom is 0.240 e. The van der Waals surface area contributed by atoms with Crippen molar-refractivity contribution in [2.75, 3.05) is 10.7 Å². The first-order valence-electron chi connectivity index (χ1n) is 8.39. The molecule has 2 heterocycles. The highest BCUT2D eigenvalue weighted by molar-refractivity contribution is 8.00. The van der Waals surface area contributed by atoms with Crippen molar-refractivity contribution in [1.29, 1.82) is 0 Å². The van der Waals surface area contributed by atoms with E-state index in [-0.39, 0.29) is 17.2 Å². The molecule has 26 heavy (non-hydrogen) atoms. The Morgan fingerprint density at radius 3 is 2.69 bits per heavy atom. The minimum Gasteiger partial charge on any atom is -0.325 e. The van der Waals surface area contributed by atoms with Gasteiger partial charge in [-0.15, -0.1) is 10.2 Å². The monoisotopic (exact) mass is 365 g/mol. The van der Waals surface area contributed by atoms with Crippen LogP contribution in [0.15, 0.2) is 59.8 Å². The molecule has 0 radical (unpaired) electrons. The van der Waals surface area contributed by atoms with Crippen LogP contribution in [0.2, 0.25) is 0 Å². The molecule has 0 saturated heterocycles. The van der Waals surface area contributed by atoms with E-state index in [9.17, 15) is 4.79 Å². The lowest BCUT2D eigenvalue weighted by Crippen LogP contribution is -2.41. The van der Waals surface area contributed by atoms with Gasteiger partial charge in [-0.3, -0.25) is 4.79 Å². The van der Waals surface area contributed by atoms with E-state index in [1.165, 1.54) is 11.8 Å². The first-order valence-corrected chi connectivity index (χ1v) is 9.27. The van der Waals surface area contributed by atoms with Gasteiger partial charge in [0.1, 0.15) is 11.1 Å². The third-order valence-electron chi connectivity index (χ3n) is 4.30. The third kappa shape index (κ3) is 3.17. The van der Waals surface area contributed by atoms with Crippen LogP contribution in [-0.2, 0) is 4.79 Å². The normalized spacial score (nSPS) is 18.7. The predicted octanol–water partition coefficient (Wildman–Crippen LogP) is 3.29. The van der Waals surface area contributed by atoms with Gasteiger partial charge < -0.3 is 10.7 Å². The van der Waals surface area contributed by atoms with Crippen molar-refractivity contribution in [2.24, 2.45) is 0 Å². The van der Waals surface area contributed by atoms with Gasteiger partial charge in [-0.1, -0.05) is 54.2 Å². The number of nitrogens with one attached hydrogen (secondary N) is 2. The van der Waals surface area contributed by atoms with Gasteiger partial charge in [0.15, 0.2) is 0 Å². The van der Waals surface area contributed by atoms with Gasteiger partial charge in [-0.2, -0.15) is 0 Å². The molecule has 2 N–H and O–H groups in total. The minimum atomic E-state index is -0.367. The van der Waals surface area contributed by atoms with Crippen molar-refractivity contribution >= 4 is 23.4 Å². The lowest BCUT2D eigenvalue weighted by atomic mass is 10.0. The minimum absolute atomic E-state index is 0.0612. The maximum atomic E-state index is 13.0. The molecule has 3 aromatic rings. The van der Waals surface area contributed by atoms with E-state index in [0.29, 0.717) is 5.16 Å². The fourth-order valence-corrected chi connectivity index (χ4v) is 4.13. The maximum absolute atomic E-state index is 13.0. The number of thioether (sulfide) groups is 1. The molecule has 1 aliphatic rings. The molecule has 2 atom stereocenters. The van der Waals surface area contributed by atoms with Crippen LogP contribution in [0, 0.1) is 13.8 Å². The summed E-state index contributed by atoms with van der Waals surface area (Å²) in [5, 5.41) is 11.6. The highest BCUT2D eigenvalue weighted by Crippen LogP contribution is 2.37. The number of nitrogens with zero attached hydrogens (tertiary/aromatic N) is 3. The van der Waals surface area contributed by atoms with Gasteiger partial charge in [0.25, 0.3) is 0 Å². The Balaban J connectivity index is 1.66. The first-order chi connectivity index (χ1) is 12.6. The number of hydrogen-bond donors (Lipinski definition) is 2. The number of anilines is 1. The molecule has 0 spiro atoms. The summed E-state index contributed by atoms with van der Waals surface area (Å²) in [5.41, 5.74) is 6.35. The number of fused-ring (bicyclic) bond motifs is 1. The molecule has 0 aliphatic carbocycles. The number of aryl methyl sites for hydroxylation is 2. The molecule has 1 amide bonds. The lowest BCUT2D eigenvalue weighted by molar-refractivity contribution is -0.116. The fraction of sp³-hybridized carbons (Fsp3) is 0.211. The summed E-state index contributed by atoms with van der Waals surface area (Å²) >= 11 is 1.43. The Bertz CT molecular complexity index is 940. The van der Waals surface area contributed by atoms with Crippen molar-refractivity contribution in [1.82, 2.24) is 14.9 Å². The number of benzene rings is 2. The first kappa shape index (κ1) is 16.7. The van der Waals surface area contributed by atoms with Crippen molar-refractivity contribution in [3.05, 3.63) is 71.5 Å². The van der Waals surface area contributed by atoms with Crippen LogP contribution in [0.25, 0.3) is 0 Å². The second kappa shape index (κ2) is 6.84. The number of carbonyl (C=O) groups is 1. The summed E-state index contributed by atoms with van der Waals surface area (Å²) in [4.78, 5) is 13.0. The molecule has 1 aliphatic heterocycles. The van der Waals surface area contributed by atoms with E-state index in [2.05, 4.69) is 20.9 Å². The summed E-state index contributed by atoms with van der Waals surface area (Å²) in [6, 6.07) is 17.6. The summed E-state index contributed by atoms with van der Waals surface area (Å²) in [5.74, 6) is 0.708. The zero-order valence-corrected chi connectivity index (χ0v) is 15.3. The Morgan fingerprint density at radius 1 is 1.12 bits per heavy atom. The molecule has 0 unspecified atom stereocenters. The Hall–Kier alpha value is -2.80. The van der Waals surface area contributed by atoms with Gasteiger partial charge in [0, 0.05) is 5.69 Å². The second-order valence-electron chi connectivity index (χ2n) is 6.28. The Morgan fingerprint density at radius 2 is 1.92 bits per heavy atom. The number of hydrogen-bond acceptors (Lipinski definition) is 5. The van der Waals surface area contributed by atoms with Crippen molar-refractivity contribution in [3.8, 4) is 0 Å². The van der Waals surface area contributed by atoms with Gasteiger partial charge >= 0.3 is 0 Å². The van der Waals surface area contributed by atoms with Crippen molar-refractivity contribution < 1.29 is 4.79 Å². The van der Waals surface area contributed by atoms with E-state index in [4.69, 9.17) is 0 Å². The Labute approximate surface area is 156 Å². The summed E-state index contributed by atoms with van der Waals surface area (Å²) in [6.45, 7) is 3.89. The standard InChI is InChI=1S/C19H19N5OS/c1-12-7-6-10-15(11-12)20-18(25)17-16(14-8-4-3-5-9-14)23-24-13(2)21-22-19(24)26-17/h3-11,16-17,23H,1-2H3,(H,20,25)/t16-,17-/m0/s1. The number of rotatable bonds is 3. The van der Waals surface area contributed by atoms with Crippen LogP contribution in [0.5, 0.6) is 0 Å². The van der Waals surface area contributed by atoms with Gasteiger partial charge in [-0.25, -0.2) is 4.68 Å². The topological polar surface area (TPSA) is 71.8 Å². The lowest BCUT2D eigenvalue weighted by Gasteiger charge is -2.32. The SMILES string of the molecule is Cc1cccc(NC(=O)[C@H]2Sc3nnc(C)n3N[C@H]2c2ccccc2)c1. The molecule has 132 valence electrons. The molecule has 0 fully saturated rings. The highest BCUT2D eigenvalue weighted by Gasteiger charge is 2.37. The van der Waals surface area contributed by atoms with Crippen LogP contribution < -0.4 is 10.7 Å². The zero-order valence-electron chi connectivity index (χ0n) is 14.5. The molecule has 6 nitrogen and oxygen atoms in total.